The predicted octanol–water partition coefficient (Wildman–Crippen LogP) is 2.61. The van der Waals surface area contributed by atoms with Crippen LogP contribution in [0.1, 0.15) is 25.2 Å². The first-order valence-electron chi connectivity index (χ1n) is 11.2. The summed E-state index contributed by atoms with van der Waals surface area (Å²) in [6.07, 6.45) is -2.14. The highest BCUT2D eigenvalue weighted by molar-refractivity contribution is 5.90. The molecule has 1 unspecified atom stereocenters. The summed E-state index contributed by atoms with van der Waals surface area (Å²) in [5.74, 6) is 1.36. The zero-order valence-corrected chi connectivity index (χ0v) is 19.4. The summed E-state index contributed by atoms with van der Waals surface area (Å²) < 4.78 is 43.8. The van der Waals surface area contributed by atoms with Crippen LogP contribution in [0.15, 0.2) is 12.3 Å². The van der Waals surface area contributed by atoms with Gasteiger partial charge < -0.3 is 20.3 Å². The van der Waals surface area contributed by atoms with E-state index in [1.54, 1.807) is 16.9 Å². The summed E-state index contributed by atoms with van der Waals surface area (Å²) in [6.45, 7) is 6.86. The minimum atomic E-state index is -4.38. The number of piperazine rings is 1. The molecule has 0 amide bonds. The van der Waals surface area contributed by atoms with Gasteiger partial charge in [0.25, 0.3) is 0 Å². The zero-order valence-electron chi connectivity index (χ0n) is 19.4. The van der Waals surface area contributed by atoms with Crippen LogP contribution >= 0.6 is 0 Å². The van der Waals surface area contributed by atoms with Crippen LogP contribution in [0.4, 0.5) is 30.9 Å². The van der Waals surface area contributed by atoms with Crippen molar-refractivity contribution in [3.63, 3.8) is 0 Å². The molecule has 0 aromatic carbocycles. The van der Waals surface area contributed by atoms with Gasteiger partial charge in [0.1, 0.15) is 17.6 Å². The Morgan fingerprint density at radius 2 is 2.09 bits per heavy atom. The van der Waals surface area contributed by atoms with E-state index in [1.807, 2.05) is 13.8 Å². The Hall–Kier alpha value is -3.06. The van der Waals surface area contributed by atoms with Gasteiger partial charge in [-0.2, -0.15) is 23.3 Å². The zero-order chi connectivity index (χ0) is 24.3. The van der Waals surface area contributed by atoms with Gasteiger partial charge in [-0.3, -0.25) is 4.68 Å². The maximum atomic E-state index is 12.5. The third-order valence-electron chi connectivity index (χ3n) is 5.37. The van der Waals surface area contributed by atoms with Crippen molar-refractivity contribution in [2.75, 3.05) is 43.1 Å². The van der Waals surface area contributed by atoms with Gasteiger partial charge in [-0.05, 0) is 26.3 Å². The van der Waals surface area contributed by atoms with Gasteiger partial charge >= 0.3 is 6.18 Å². The standard InChI is InChI=1S/C21H28F3N9O/c1-4-15-16-17(33(31-15)9-10-34-12-21(22,23)24)18(29-19-26-6-5-13(2)27-19)30-20(28-16)32-8-7-25-14(3)11-32/h5-6,14,25H,4,7-12H2,1-3H3,(H,26,27,28,29,30). The topological polar surface area (TPSA) is 106 Å². The SMILES string of the molecule is CCc1nn(CCOCC(F)(F)F)c2c(Nc3nccc(C)n3)nc(N3CCNC(C)C3)nc12. The lowest BCUT2D eigenvalue weighted by Gasteiger charge is -2.32. The summed E-state index contributed by atoms with van der Waals surface area (Å²) in [5, 5.41) is 11.2. The summed E-state index contributed by atoms with van der Waals surface area (Å²) in [5.41, 5.74) is 2.72. The van der Waals surface area contributed by atoms with E-state index in [0.717, 1.165) is 31.0 Å². The van der Waals surface area contributed by atoms with Crippen LogP contribution in [0.5, 0.6) is 0 Å². The highest BCUT2D eigenvalue weighted by Crippen LogP contribution is 2.29. The van der Waals surface area contributed by atoms with E-state index >= 15 is 0 Å². The van der Waals surface area contributed by atoms with Crippen LogP contribution in [0, 0.1) is 6.92 Å². The normalized spacial score (nSPS) is 16.9. The van der Waals surface area contributed by atoms with Crippen LogP contribution in [0.25, 0.3) is 11.0 Å². The van der Waals surface area contributed by atoms with Crippen molar-refractivity contribution in [3.05, 3.63) is 23.7 Å². The highest BCUT2D eigenvalue weighted by atomic mass is 19.4. The molecule has 184 valence electrons. The molecule has 2 N–H and O–H groups in total. The number of fused-ring (bicyclic) bond motifs is 1. The van der Waals surface area contributed by atoms with E-state index in [-0.39, 0.29) is 19.2 Å². The molecule has 0 bridgehead atoms. The number of ether oxygens (including phenoxy) is 1. The number of aryl methyl sites for hydroxylation is 2. The fourth-order valence-electron chi connectivity index (χ4n) is 3.83. The minimum absolute atomic E-state index is 0.114. The molecule has 10 nitrogen and oxygen atoms in total. The van der Waals surface area contributed by atoms with Gasteiger partial charge in [-0.25, -0.2) is 15.0 Å². The van der Waals surface area contributed by atoms with Gasteiger partial charge in [0.15, 0.2) is 5.82 Å². The number of nitrogens with zero attached hydrogens (tertiary/aromatic N) is 7. The van der Waals surface area contributed by atoms with Gasteiger partial charge in [-0.1, -0.05) is 6.92 Å². The van der Waals surface area contributed by atoms with Crippen molar-refractivity contribution >= 4 is 28.7 Å². The van der Waals surface area contributed by atoms with Crippen molar-refractivity contribution in [2.24, 2.45) is 0 Å². The number of alkyl halides is 3. The van der Waals surface area contributed by atoms with Crippen molar-refractivity contribution in [1.29, 1.82) is 0 Å². The van der Waals surface area contributed by atoms with Crippen LogP contribution in [0.3, 0.4) is 0 Å². The summed E-state index contributed by atoms with van der Waals surface area (Å²) >= 11 is 0. The van der Waals surface area contributed by atoms with Gasteiger partial charge in [0.2, 0.25) is 11.9 Å². The van der Waals surface area contributed by atoms with Crippen LogP contribution < -0.4 is 15.5 Å². The molecule has 1 fully saturated rings. The van der Waals surface area contributed by atoms with Crippen molar-refractivity contribution in [2.45, 2.75) is 46.0 Å². The Morgan fingerprint density at radius 1 is 1.26 bits per heavy atom. The Morgan fingerprint density at radius 3 is 2.79 bits per heavy atom. The van der Waals surface area contributed by atoms with Crippen molar-refractivity contribution in [3.8, 4) is 0 Å². The fraction of sp³-hybridized carbons (Fsp3) is 0.571. The number of hydrogen-bond donors (Lipinski definition) is 2. The molecule has 1 atom stereocenters. The number of hydrogen-bond acceptors (Lipinski definition) is 9. The van der Waals surface area contributed by atoms with Crippen LogP contribution in [-0.4, -0.2) is 74.8 Å². The average Bonchev–Trinajstić information content (AvgIpc) is 3.14. The lowest BCUT2D eigenvalue weighted by atomic mass is 10.2. The molecule has 0 saturated carbocycles. The van der Waals surface area contributed by atoms with E-state index in [4.69, 9.17) is 14.7 Å². The van der Waals surface area contributed by atoms with Gasteiger partial charge in [0.05, 0.1) is 18.8 Å². The summed E-state index contributed by atoms with van der Waals surface area (Å²) in [4.78, 5) is 20.4. The second-order valence-corrected chi connectivity index (χ2v) is 8.21. The molecule has 1 saturated heterocycles. The molecular weight excluding hydrogens is 451 g/mol. The first kappa shape index (κ1) is 24.1. The third kappa shape index (κ3) is 5.70. The summed E-state index contributed by atoms with van der Waals surface area (Å²) in [7, 11) is 0. The lowest BCUT2D eigenvalue weighted by molar-refractivity contribution is -0.174. The maximum Gasteiger partial charge on any atom is 0.411 e. The maximum absolute atomic E-state index is 12.5. The van der Waals surface area contributed by atoms with Crippen molar-refractivity contribution in [1.82, 2.24) is 35.0 Å². The minimum Gasteiger partial charge on any atom is -0.370 e. The smallest absolute Gasteiger partial charge is 0.370 e. The molecule has 3 aromatic rings. The van der Waals surface area contributed by atoms with Gasteiger partial charge in [-0.15, -0.1) is 0 Å². The number of halogens is 3. The molecule has 0 radical (unpaired) electrons. The third-order valence-corrected chi connectivity index (χ3v) is 5.37. The van der Waals surface area contributed by atoms with E-state index in [2.05, 4.69) is 37.5 Å². The van der Waals surface area contributed by atoms with Gasteiger partial charge in [0, 0.05) is 37.6 Å². The molecule has 1 aliphatic rings. The Balaban J connectivity index is 1.74. The molecule has 4 rings (SSSR count). The Kier molecular flexibility index (Phi) is 7.12. The van der Waals surface area contributed by atoms with Crippen molar-refractivity contribution < 1.29 is 17.9 Å². The second-order valence-electron chi connectivity index (χ2n) is 8.21. The molecule has 4 heterocycles. The fourth-order valence-corrected chi connectivity index (χ4v) is 3.83. The summed E-state index contributed by atoms with van der Waals surface area (Å²) in [6, 6.07) is 2.06. The monoisotopic (exact) mass is 479 g/mol. The molecule has 0 spiro atoms. The first-order chi connectivity index (χ1) is 16.2. The molecular formula is C21H28F3N9O. The van der Waals surface area contributed by atoms with E-state index < -0.39 is 12.8 Å². The average molecular weight is 480 g/mol. The lowest BCUT2D eigenvalue weighted by Crippen LogP contribution is -2.49. The van der Waals surface area contributed by atoms with Crippen LogP contribution in [0.2, 0.25) is 0 Å². The number of anilines is 3. The molecule has 34 heavy (non-hydrogen) atoms. The van der Waals surface area contributed by atoms with E-state index in [1.165, 1.54) is 0 Å². The second kappa shape index (κ2) is 10.1. The molecule has 3 aromatic heterocycles. The Bertz CT molecular complexity index is 1130. The predicted molar refractivity (Wildman–Crippen MR) is 121 cm³/mol. The molecule has 0 aliphatic carbocycles. The van der Waals surface area contributed by atoms with Crippen LogP contribution in [-0.2, 0) is 17.7 Å². The number of nitrogens with one attached hydrogen (secondary N) is 2. The molecule has 13 heteroatoms. The molecule has 1 aliphatic heterocycles. The number of aromatic nitrogens is 6. The highest BCUT2D eigenvalue weighted by Gasteiger charge is 2.28. The quantitative estimate of drug-likeness (QED) is 0.472. The van der Waals surface area contributed by atoms with E-state index in [9.17, 15) is 13.2 Å². The largest absolute Gasteiger partial charge is 0.411 e. The van der Waals surface area contributed by atoms with E-state index in [0.29, 0.717) is 35.2 Å². The first-order valence-corrected chi connectivity index (χ1v) is 11.2. The number of rotatable bonds is 8. The Labute approximate surface area is 194 Å².